The topological polar surface area (TPSA) is 71.3 Å². The molecule has 1 N–H and O–H groups in total. The zero-order valence-corrected chi connectivity index (χ0v) is 17.2. The van der Waals surface area contributed by atoms with E-state index in [0.29, 0.717) is 16.3 Å². The molecule has 0 spiro atoms. The van der Waals surface area contributed by atoms with Crippen LogP contribution in [0.2, 0.25) is 0 Å². The molecule has 0 saturated carbocycles. The van der Waals surface area contributed by atoms with Gasteiger partial charge in [0.15, 0.2) is 0 Å². The quantitative estimate of drug-likeness (QED) is 0.602. The molecule has 0 radical (unpaired) electrons. The molecular weight excluding hydrogens is 384 g/mol. The Morgan fingerprint density at radius 1 is 1.28 bits per heavy atom. The monoisotopic (exact) mass is 408 g/mol. The fourth-order valence-electron chi connectivity index (χ4n) is 3.51. The van der Waals surface area contributed by atoms with E-state index >= 15 is 0 Å². The molecule has 1 saturated heterocycles. The van der Waals surface area contributed by atoms with Crippen LogP contribution in [0.15, 0.2) is 64.3 Å². The van der Waals surface area contributed by atoms with Crippen LogP contribution in [0, 0.1) is 6.92 Å². The van der Waals surface area contributed by atoms with Gasteiger partial charge in [0.1, 0.15) is 10.8 Å². The van der Waals surface area contributed by atoms with Gasteiger partial charge in [-0.25, -0.2) is 4.98 Å². The highest BCUT2D eigenvalue weighted by atomic mass is 32.2. The second kappa shape index (κ2) is 9.24. The zero-order valence-electron chi connectivity index (χ0n) is 16.4. The molecule has 1 aromatic carbocycles. The molecule has 1 atom stereocenters. The maximum absolute atomic E-state index is 12.9. The first-order valence-corrected chi connectivity index (χ1v) is 10.7. The summed E-state index contributed by atoms with van der Waals surface area (Å²) in [7, 11) is 0. The normalized spacial score (nSPS) is 16.8. The lowest BCUT2D eigenvalue weighted by atomic mass is 10.2. The van der Waals surface area contributed by atoms with Crippen LogP contribution in [0.5, 0.6) is 0 Å². The van der Waals surface area contributed by atoms with Gasteiger partial charge in [-0.05, 0) is 31.0 Å². The van der Waals surface area contributed by atoms with E-state index in [-0.39, 0.29) is 11.9 Å². The van der Waals surface area contributed by atoms with Crippen molar-refractivity contribution < 1.29 is 9.32 Å². The van der Waals surface area contributed by atoms with Gasteiger partial charge in [-0.15, -0.1) is 0 Å². The van der Waals surface area contributed by atoms with Gasteiger partial charge >= 0.3 is 0 Å². The number of pyridine rings is 1. The number of benzene rings is 1. The first-order chi connectivity index (χ1) is 14.2. The number of likely N-dealkylation sites (tertiary alicyclic amines) is 1. The average molecular weight is 409 g/mol. The van der Waals surface area contributed by atoms with E-state index in [1.165, 1.54) is 17.3 Å². The van der Waals surface area contributed by atoms with Crippen LogP contribution >= 0.6 is 11.8 Å². The number of aromatic nitrogens is 2. The molecule has 29 heavy (non-hydrogen) atoms. The van der Waals surface area contributed by atoms with Gasteiger partial charge in [0.05, 0.1) is 11.3 Å². The number of aryl methyl sites for hydroxylation is 1. The number of carbonyl (C=O) groups is 1. The number of nitrogens with zero attached hydrogens (tertiary/aromatic N) is 3. The number of hydrogen-bond donors (Lipinski definition) is 1. The molecule has 0 bridgehead atoms. The minimum atomic E-state index is -0.0662. The largest absolute Gasteiger partial charge is 0.361 e. The number of carbonyl (C=O) groups excluding carboxylic acids is 1. The number of amides is 1. The van der Waals surface area contributed by atoms with Crippen LogP contribution in [0.1, 0.15) is 33.8 Å². The van der Waals surface area contributed by atoms with Gasteiger partial charge < -0.3 is 9.84 Å². The van der Waals surface area contributed by atoms with Crippen molar-refractivity contribution in [3.8, 4) is 0 Å². The Kier molecular flexibility index (Phi) is 6.27. The summed E-state index contributed by atoms with van der Waals surface area (Å²) in [6.45, 7) is 4.63. The molecule has 6 nitrogen and oxygen atoms in total. The van der Waals surface area contributed by atoms with Gasteiger partial charge in [0.2, 0.25) is 0 Å². The van der Waals surface area contributed by atoms with E-state index in [4.69, 9.17) is 4.52 Å². The summed E-state index contributed by atoms with van der Waals surface area (Å²) in [4.78, 5) is 19.7. The second-order valence-electron chi connectivity index (χ2n) is 7.25. The molecule has 1 aliphatic heterocycles. The summed E-state index contributed by atoms with van der Waals surface area (Å²) < 4.78 is 5.10. The van der Waals surface area contributed by atoms with E-state index in [1.54, 1.807) is 12.3 Å². The van der Waals surface area contributed by atoms with E-state index in [2.05, 4.69) is 44.6 Å². The van der Waals surface area contributed by atoms with Crippen molar-refractivity contribution in [2.24, 2.45) is 0 Å². The van der Waals surface area contributed by atoms with E-state index in [1.807, 2.05) is 25.1 Å². The van der Waals surface area contributed by atoms with Crippen LogP contribution in [0.3, 0.4) is 0 Å². The number of thioether (sulfide) groups is 1. The summed E-state index contributed by atoms with van der Waals surface area (Å²) in [5, 5.41) is 7.90. The van der Waals surface area contributed by atoms with E-state index in [0.717, 1.165) is 37.5 Å². The van der Waals surface area contributed by atoms with E-state index in [9.17, 15) is 4.79 Å². The second-order valence-corrected chi connectivity index (χ2v) is 8.22. The van der Waals surface area contributed by atoms with Gasteiger partial charge in [-0.3, -0.25) is 9.69 Å². The molecule has 2 aromatic heterocycles. The van der Waals surface area contributed by atoms with Crippen molar-refractivity contribution in [2.45, 2.75) is 36.7 Å². The first-order valence-electron chi connectivity index (χ1n) is 9.74. The number of rotatable bonds is 7. The van der Waals surface area contributed by atoms with Crippen molar-refractivity contribution in [1.82, 2.24) is 20.4 Å². The molecule has 1 aliphatic rings. The Morgan fingerprint density at radius 2 is 2.14 bits per heavy atom. The number of nitrogens with one attached hydrogen (secondary N) is 1. The van der Waals surface area contributed by atoms with Crippen LogP contribution < -0.4 is 5.32 Å². The number of hydrogen-bond acceptors (Lipinski definition) is 6. The predicted octanol–water partition coefficient (Wildman–Crippen LogP) is 3.67. The van der Waals surface area contributed by atoms with Crippen LogP contribution in [-0.2, 0) is 12.3 Å². The Labute approximate surface area is 174 Å². The van der Waals surface area contributed by atoms with Gasteiger partial charge in [-0.1, -0.05) is 47.3 Å². The van der Waals surface area contributed by atoms with Crippen molar-refractivity contribution in [1.29, 1.82) is 0 Å². The molecule has 1 unspecified atom stereocenters. The van der Waals surface area contributed by atoms with E-state index < -0.39 is 0 Å². The fraction of sp³-hybridized carbons (Fsp3) is 0.318. The Bertz CT molecular complexity index is 960. The van der Waals surface area contributed by atoms with Crippen molar-refractivity contribution >= 4 is 17.7 Å². The molecule has 3 heterocycles. The van der Waals surface area contributed by atoms with Crippen molar-refractivity contribution in [3.63, 3.8) is 0 Å². The summed E-state index contributed by atoms with van der Waals surface area (Å²) >= 11 is 1.50. The van der Waals surface area contributed by atoms with Gasteiger partial charge in [-0.2, -0.15) is 0 Å². The van der Waals surface area contributed by atoms with Gasteiger partial charge in [0.25, 0.3) is 5.91 Å². The SMILES string of the molecule is Cc1cc(CSc2ncccc2C(=O)NC2CCN(Cc3ccccc3)C2)no1. The third-order valence-electron chi connectivity index (χ3n) is 4.91. The highest BCUT2D eigenvalue weighted by Gasteiger charge is 2.25. The Balaban J connectivity index is 1.34. The lowest BCUT2D eigenvalue weighted by molar-refractivity contribution is 0.0934. The van der Waals surface area contributed by atoms with Crippen LogP contribution in [-0.4, -0.2) is 40.1 Å². The molecule has 3 aromatic rings. The standard InChI is InChI=1S/C22H24N4O2S/c1-16-12-19(25-28-16)15-29-22-20(8-5-10-23-22)21(27)24-18-9-11-26(14-18)13-17-6-3-2-4-7-17/h2-8,10,12,18H,9,11,13-15H2,1H3,(H,24,27). The minimum Gasteiger partial charge on any atom is -0.361 e. The maximum Gasteiger partial charge on any atom is 0.254 e. The molecule has 1 fully saturated rings. The fourth-order valence-corrected chi connectivity index (χ4v) is 4.38. The molecule has 0 aliphatic carbocycles. The summed E-state index contributed by atoms with van der Waals surface area (Å²) in [6.07, 6.45) is 2.67. The van der Waals surface area contributed by atoms with Gasteiger partial charge in [0, 0.05) is 43.7 Å². The Hall–Kier alpha value is -2.64. The third-order valence-corrected chi connectivity index (χ3v) is 5.94. The predicted molar refractivity (Wildman–Crippen MR) is 113 cm³/mol. The molecule has 150 valence electrons. The molecule has 4 rings (SSSR count). The first kappa shape index (κ1) is 19.7. The third kappa shape index (κ3) is 5.25. The van der Waals surface area contributed by atoms with Crippen molar-refractivity contribution in [2.75, 3.05) is 13.1 Å². The summed E-state index contributed by atoms with van der Waals surface area (Å²) in [6, 6.07) is 16.1. The highest BCUT2D eigenvalue weighted by Crippen LogP contribution is 2.24. The molecule has 1 amide bonds. The van der Waals surface area contributed by atoms with Crippen LogP contribution in [0.25, 0.3) is 0 Å². The lowest BCUT2D eigenvalue weighted by Crippen LogP contribution is -2.37. The van der Waals surface area contributed by atoms with Crippen molar-refractivity contribution in [3.05, 3.63) is 77.3 Å². The molecule has 7 heteroatoms. The lowest BCUT2D eigenvalue weighted by Gasteiger charge is -2.17. The molecular formula is C22H24N4O2S. The van der Waals surface area contributed by atoms with Crippen LogP contribution in [0.4, 0.5) is 0 Å². The Morgan fingerprint density at radius 3 is 2.93 bits per heavy atom. The zero-order chi connectivity index (χ0) is 20.1. The summed E-state index contributed by atoms with van der Waals surface area (Å²) in [5.41, 5.74) is 2.75. The summed E-state index contributed by atoms with van der Waals surface area (Å²) in [5.74, 6) is 1.33. The smallest absolute Gasteiger partial charge is 0.254 e. The maximum atomic E-state index is 12.9. The average Bonchev–Trinajstić information content (AvgIpc) is 3.36. The highest BCUT2D eigenvalue weighted by molar-refractivity contribution is 7.98. The minimum absolute atomic E-state index is 0.0662.